The van der Waals surface area contributed by atoms with Crippen LogP contribution in [0.2, 0.25) is 0 Å². The Labute approximate surface area is 218 Å². The van der Waals surface area contributed by atoms with E-state index in [4.69, 9.17) is 17.0 Å². The summed E-state index contributed by atoms with van der Waals surface area (Å²) in [6.45, 7) is 3.84. The van der Waals surface area contributed by atoms with Gasteiger partial charge in [0.2, 0.25) is 0 Å². The van der Waals surface area contributed by atoms with E-state index in [1.807, 2.05) is 42.7 Å². The number of nitro benzene ring substituents is 1. The number of para-hydroxylation sites is 1. The lowest BCUT2D eigenvalue weighted by atomic mass is 9.96. The van der Waals surface area contributed by atoms with Gasteiger partial charge in [0.25, 0.3) is 5.69 Å². The summed E-state index contributed by atoms with van der Waals surface area (Å²) in [5, 5.41) is 15.2. The van der Waals surface area contributed by atoms with Crippen molar-refractivity contribution >= 4 is 28.7 Å². The molecular weight excluding hydrogens is 493 g/mol. The fourth-order valence-electron chi connectivity index (χ4n) is 5.00. The van der Waals surface area contributed by atoms with E-state index in [-0.39, 0.29) is 11.7 Å². The molecule has 0 saturated carbocycles. The Morgan fingerprint density at radius 2 is 1.84 bits per heavy atom. The highest BCUT2D eigenvalue weighted by molar-refractivity contribution is 7.80. The first-order chi connectivity index (χ1) is 17.8. The lowest BCUT2D eigenvalue weighted by Gasteiger charge is -2.28. The van der Waals surface area contributed by atoms with Crippen LogP contribution in [0.3, 0.4) is 0 Å². The van der Waals surface area contributed by atoms with E-state index >= 15 is 4.39 Å². The molecule has 2 atom stereocenters. The van der Waals surface area contributed by atoms with E-state index < -0.39 is 16.8 Å². The molecule has 2 aromatic heterocycles. The van der Waals surface area contributed by atoms with Crippen molar-refractivity contribution < 1.29 is 14.1 Å². The van der Waals surface area contributed by atoms with E-state index in [1.165, 1.54) is 25.3 Å². The molecule has 0 aliphatic carbocycles. The summed E-state index contributed by atoms with van der Waals surface area (Å²) in [7, 11) is 1.52. The number of rotatable bonds is 6. The van der Waals surface area contributed by atoms with Crippen molar-refractivity contribution in [1.29, 1.82) is 0 Å². The first kappa shape index (κ1) is 24.4. The highest BCUT2D eigenvalue weighted by atomic mass is 32.1. The second-order valence-electron chi connectivity index (χ2n) is 8.72. The first-order valence-electron chi connectivity index (χ1n) is 11.6. The molecule has 1 aliphatic heterocycles. The summed E-state index contributed by atoms with van der Waals surface area (Å²) in [4.78, 5) is 17.4. The van der Waals surface area contributed by atoms with Gasteiger partial charge in [0.1, 0.15) is 11.6 Å². The van der Waals surface area contributed by atoms with Crippen LogP contribution in [0.4, 0.5) is 15.8 Å². The summed E-state index contributed by atoms with van der Waals surface area (Å²) >= 11 is 5.72. The van der Waals surface area contributed by atoms with E-state index in [1.54, 1.807) is 35.4 Å². The maximum Gasteiger partial charge on any atom is 0.271 e. The lowest BCUT2D eigenvalue weighted by Crippen LogP contribution is -2.30. The van der Waals surface area contributed by atoms with Gasteiger partial charge in [-0.25, -0.2) is 4.39 Å². The third-order valence-corrected chi connectivity index (χ3v) is 6.93. The van der Waals surface area contributed by atoms with Crippen molar-refractivity contribution in [2.45, 2.75) is 25.9 Å². The van der Waals surface area contributed by atoms with Gasteiger partial charge in [-0.2, -0.15) is 0 Å². The third kappa shape index (κ3) is 4.19. The number of pyridine rings is 1. The van der Waals surface area contributed by atoms with Gasteiger partial charge in [0, 0.05) is 29.7 Å². The molecule has 37 heavy (non-hydrogen) atoms. The molecule has 0 radical (unpaired) electrons. The second kappa shape index (κ2) is 9.62. The minimum absolute atomic E-state index is 0.0482. The Bertz CT molecular complexity index is 1510. The van der Waals surface area contributed by atoms with Crippen LogP contribution in [0.5, 0.6) is 5.75 Å². The highest BCUT2D eigenvalue weighted by Crippen LogP contribution is 2.45. The van der Waals surface area contributed by atoms with Gasteiger partial charge in [0.15, 0.2) is 5.11 Å². The van der Waals surface area contributed by atoms with Gasteiger partial charge in [-0.1, -0.05) is 18.2 Å². The molecule has 3 heterocycles. The zero-order valence-electron chi connectivity index (χ0n) is 20.4. The number of halogens is 1. The predicted octanol–water partition coefficient (Wildman–Crippen LogP) is 5.72. The number of hydrogen-bond acceptors (Lipinski definition) is 5. The Hall–Kier alpha value is -4.31. The van der Waals surface area contributed by atoms with Gasteiger partial charge >= 0.3 is 0 Å². The molecular formula is C27H24FN5O3S. The number of hydrogen-bond donors (Lipinski definition) is 1. The number of thiocarbonyl (C=S) groups is 1. The molecule has 5 rings (SSSR count). The van der Waals surface area contributed by atoms with E-state index in [9.17, 15) is 10.1 Å². The second-order valence-corrected chi connectivity index (χ2v) is 9.11. The SMILES string of the molecule is COc1ccc([N+](=O)[O-])cc1-n1c(C)cc([C@@H]2[C@@H](c3ccccn3)NC(=S)N2c2ccccc2F)c1C. The number of anilines is 1. The molecule has 1 saturated heterocycles. The molecule has 1 N–H and O–H groups in total. The maximum atomic E-state index is 15.1. The van der Waals surface area contributed by atoms with Crippen molar-refractivity contribution in [3.05, 3.63) is 112 Å². The van der Waals surface area contributed by atoms with Gasteiger partial charge in [-0.3, -0.25) is 15.1 Å². The Morgan fingerprint density at radius 3 is 2.51 bits per heavy atom. The van der Waals surface area contributed by atoms with Gasteiger partial charge < -0.3 is 19.5 Å². The van der Waals surface area contributed by atoms with Crippen molar-refractivity contribution in [2.75, 3.05) is 12.0 Å². The zero-order chi connectivity index (χ0) is 26.3. The fraction of sp³-hybridized carbons (Fsp3) is 0.185. The summed E-state index contributed by atoms with van der Waals surface area (Å²) in [6, 6.07) is 17.8. The normalized spacial score (nSPS) is 17.1. The van der Waals surface area contributed by atoms with Crippen LogP contribution < -0.4 is 15.0 Å². The standard InChI is InChI=1S/C27H24FN5O3S/c1-16-14-19(17(2)31(16)23-15-18(33(34)35)11-12-24(23)36-3)26-25(21-9-6-7-13-29-21)30-27(37)32(26)22-10-5-4-8-20(22)28/h4-15,25-26H,1-3H3,(H,30,37)/t25-,26-/m1/s1. The number of ether oxygens (including phenoxy) is 1. The molecule has 2 aromatic carbocycles. The van der Waals surface area contributed by atoms with Crippen LogP contribution in [-0.4, -0.2) is 26.7 Å². The van der Waals surface area contributed by atoms with Crippen molar-refractivity contribution in [3.63, 3.8) is 0 Å². The van der Waals surface area contributed by atoms with Gasteiger partial charge in [-0.15, -0.1) is 0 Å². The molecule has 4 aromatic rings. The average molecular weight is 518 g/mol. The molecule has 0 bridgehead atoms. The zero-order valence-corrected chi connectivity index (χ0v) is 21.2. The fourth-order valence-corrected chi connectivity index (χ4v) is 5.34. The molecule has 0 spiro atoms. The monoisotopic (exact) mass is 517 g/mol. The van der Waals surface area contributed by atoms with Crippen LogP contribution >= 0.6 is 12.2 Å². The van der Waals surface area contributed by atoms with Crippen molar-refractivity contribution in [3.8, 4) is 11.4 Å². The van der Waals surface area contributed by atoms with Crippen LogP contribution in [0.1, 0.15) is 34.7 Å². The van der Waals surface area contributed by atoms with Crippen LogP contribution in [0.25, 0.3) is 5.69 Å². The predicted molar refractivity (Wildman–Crippen MR) is 143 cm³/mol. The number of aryl methyl sites for hydroxylation is 1. The lowest BCUT2D eigenvalue weighted by molar-refractivity contribution is -0.384. The number of nitrogens with one attached hydrogen (secondary N) is 1. The van der Waals surface area contributed by atoms with Crippen LogP contribution in [0, 0.1) is 29.8 Å². The Kier molecular flexibility index (Phi) is 6.34. The van der Waals surface area contributed by atoms with Crippen LogP contribution in [-0.2, 0) is 0 Å². The number of non-ortho nitro benzene ring substituents is 1. The number of nitrogens with zero attached hydrogens (tertiary/aromatic N) is 4. The summed E-state index contributed by atoms with van der Waals surface area (Å²) in [5.41, 5.74) is 4.11. The Balaban J connectivity index is 1.72. The Morgan fingerprint density at radius 1 is 1.08 bits per heavy atom. The minimum Gasteiger partial charge on any atom is -0.495 e. The molecule has 1 fully saturated rings. The average Bonchev–Trinajstić information content (AvgIpc) is 3.39. The van der Waals surface area contributed by atoms with E-state index in [2.05, 4.69) is 10.3 Å². The number of nitro groups is 1. The number of methoxy groups -OCH3 is 1. The molecule has 188 valence electrons. The third-order valence-electron chi connectivity index (χ3n) is 6.61. The number of benzene rings is 2. The number of aromatic nitrogens is 2. The van der Waals surface area contributed by atoms with Crippen molar-refractivity contribution in [1.82, 2.24) is 14.9 Å². The van der Waals surface area contributed by atoms with E-state index in [0.29, 0.717) is 22.2 Å². The summed E-state index contributed by atoms with van der Waals surface area (Å²) in [6.07, 6.45) is 1.71. The maximum absolute atomic E-state index is 15.1. The molecule has 0 unspecified atom stereocenters. The highest BCUT2D eigenvalue weighted by Gasteiger charge is 2.43. The quantitative estimate of drug-likeness (QED) is 0.199. The van der Waals surface area contributed by atoms with Crippen molar-refractivity contribution in [2.24, 2.45) is 0 Å². The smallest absolute Gasteiger partial charge is 0.271 e. The summed E-state index contributed by atoms with van der Waals surface area (Å²) in [5.74, 6) is 0.0961. The topological polar surface area (TPSA) is 85.5 Å². The molecule has 0 amide bonds. The minimum atomic E-state index is -0.441. The summed E-state index contributed by atoms with van der Waals surface area (Å²) < 4.78 is 22.5. The van der Waals surface area contributed by atoms with Gasteiger partial charge in [0.05, 0.1) is 41.2 Å². The van der Waals surface area contributed by atoms with Gasteiger partial charge in [-0.05, 0) is 68.0 Å². The van der Waals surface area contributed by atoms with Crippen LogP contribution in [0.15, 0.2) is 72.9 Å². The van der Waals surface area contributed by atoms with E-state index in [0.717, 1.165) is 22.6 Å². The largest absolute Gasteiger partial charge is 0.495 e. The molecule has 10 heteroatoms. The first-order valence-corrected chi connectivity index (χ1v) is 12.0. The molecule has 1 aliphatic rings. The molecule has 8 nitrogen and oxygen atoms in total.